The van der Waals surface area contributed by atoms with E-state index in [9.17, 15) is 13.2 Å². The van der Waals surface area contributed by atoms with Gasteiger partial charge in [-0.25, -0.2) is 0 Å². The van der Waals surface area contributed by atoms with Gasteiger partial charge >= 0.3 is 13.3 Å². The fraction of sp³-hybridized carbons (Fsp3) is 0.143. The summed E-state index contributed by atoms with van der Waals surface area (Å²) in [6.45, 7) is 0. The molecule has 0 saturated carbocycles. The van der Waals surface area contributed by atoms with E-state index in [1.54, 1.807) is 0 Å². The average molecular weight is 259 g/mol. The lowest BCUT2D eigenvalue weighted by molar-refractivity contribution is -0.136. The molecule has 1 rings (SSSR count). The van der Waals surface area contributed by atoms with Gasteiger partial charge in [0.1, 0.15) is 0 Å². The second-order valence-corrected chi connectivity index (χ2v) is 3.48. The molecule has 0 aliphatic heterocycles. The highest BCUT2D eigenvalue weighted by Crippen LogP contribution is 2.32. The highest BCUT2D eigenvalue weighted by Gasteiger charge is 2.38. The zero-order chi connectivity index (χ0) is 11.8. The Morgan fingerprint density at radius 3 is 2.07 bits per heavy atom. The van der Waals surface area contributed by atoms with Crippen LogP contribution < -0.4 is 5.46 Å². The first-order chi connectivity index (χ1) is 6.75. The summed E-state index contributed by atoms with van der Waals surface area (Å²) in [6, 6.07) is 1.58. The van der Waals surface area contributed by atoms with Gasteiger partial charge in [-0.3, -0.25) is 0 Å². The maximum Gasteiger partial charge on any atom is 0.490 e. The number of hydrogen-bond donors (Lipinski definition) is 2. The van der Waals surface area contributed by atoms with Crippen LogP contribution in [-0.4, -0.2) is 17.2 Å². The molecule has 8 heteroatoms. The van der Waals surface area contributed by atoms with E-state index in [1.165, 1.54) is 0 Å². The summed E-state index contributed by atoms with van der Waals surface area (Å²) in [6.07, 6.45) is -4.72. The summed E-state index contributed by atoms with van der Waals surface area (Å²) >= 11 is 10.9. The minimum atomic E-state index is -4.72. The molecule has 0 atom stereocenters. The minimum Gasteiger partial charge on any atom is -0.423 e. The van der Waals surface area contributed by atoms with Gasteiger partial charge in [0.2, 0.25) is 0 Å². The van der Waals surface area contributed by atoms with Crippen molar-refractivity contribution in [1.29, 1.82) is 0 Å². The number of hydrogen-bond acceptors (Lipinski definition) is 2. The molecule has 0 aromatic heterocycles. The monoisotopic (exact) mass is 258 g/mol. The van der Waals surface area contributed by atoms with Crippen LogP contribution in [0.2, 0.25) is 10.0 Å². The van der Waals surface area contributed by atoms with Crippen molar-refractivity contribution in [1.82, 2.24) is 0 Å². The van der Waals surface area contributed by atoms with Gasteiger partial charge in [0, 0.05) is 5.46 Å². The maximum absolute atomic E-state index is 12.4. The van der Waals surface area contributed by atoms with Crippen molar-refractivity contribution in [3.8, 4) is 0 Å². The SMILES string of the molecule is OB(O)c1c(C(F)(F)F)ccc(Cl)c1Cl. The highest BCUT2D eigenvalue weighted by atomic mass is 35.5. The Balaban J connectivity index is 3.47. The Morgan fingerprint density at radius 1 is 1.13 bits per heavy atom. The fourth-order valence-electron chi connectivity index (χ4n) is 1.07. The number of benzene rings is 1. The van der Waals surface area contributed by atoms with Crippen molar-refractivity contribution in [3.63, 3.8) is 0 Å². The van der Waals surface area contributed by atoms with E-state index < -0.39 is 29.3 Å². The van der Waals surface area contributed by atoms with Gasteiger partial charge in [0.15, 0.2) is 0 Å². The number of halogens is 5. The van der Waals surface area contributed by atoms with Gasteiger partial charge in [0.25, 0.3) is 0 Å². The molecule has 1 aromatic rings. The van der Waals surface area contributed by atoms with Crippen LogP contribution in [0.1, 0.15) is 5.56 Å². The molecule has 0 aliphatic rings. The zero-order valence-electron chi connectivity index (χ0n) is 7.02. The van der Waals surface area contributed by atoms with Crippen molar-refractivity contribution >= 4 is 35.8 Å². The number of alkyl halides is 3. The lowest BCUT2D eigenvalue weighted by Crippen LogP contribution is -2.37. The first kappa shape index (κ1) is 12.6. The quantitative estimate of drug-likeness (QED) is 0.753. The molecule has 82 valence electrons. The van der Waals surface area contributed by atoms with Gasteiger partial charge in [-0.05, 0) is 12.1 Å². The molecule has 0 saturated heterocycles. The third-order valence-corrected chi connectivity index (χ3v) is 2.52. The van der Waals surface area contributed by atoms with E-state index in [1.807, 2.05) is 0 Å². The maximum atomic E-state index is 12.4. The molecule has 2 nitrogen and oxygen atoms in total. The van der Waals surface area contributed by atoms with E-state index in [-0.39, 0.29) is 5.02 Å². The summed E-state index contributed by atoms with van der Waals surface area (Å²) < 4.78 is 37.2. The molecule has 0 spiro atoms. The van der Waals surface area contributed by atoms with Crippen molar-refractivity contribution in [2.45, 2.75) is 6.18 Å². The molecule has 0 aliphatic carbocycles. The molecule has 0 amide bonds. The topological polar surface area (TPSA) is 40.5 Å². The van der Waals surface area contributed by atoms with Crippen LogP contribution in [0.15, 0.2) is 12.1 Å². The fourth-order valence-corrected chi connectivity index (χ4v) is 1.49. The van der Waals surface area contributed by atoms with Crippen LogP contribution in [0.5, 0.6) is 0 Å². The lowest BCUT2D eigenvalue weighted by Gasteiger charge is -2.14. The van der Waals surface area contributed by atoms with Gasteiger partial charge in [-0.2, -0.15) is 13.2 Å². The highest BCUT2D eigenvalue weighted by molar-refractivity contribution is 6.64. The molecule has 2 N–H and O–H groups in total. The predicted octanol–water partition coefficient (Wildman–Crippen LogP) is 1.69. The third kappa shape index (κ3) is 2.58. The molecule has 0 radical (unpaired) electrons. The number of rotatable bonds is 1. The van der Waals surface area contributed by atoms with Gasteiger partial charge < -0.3 is 10.0 Å². The third-order valence-electron chi connectivity index (χ3n) is 1.70. The summed E-state index contributed by atoms with van der Waals surface area (Å²) in [5.74, 6) is 0. The van der Waals surface area contributed by atoms with Crippen molar-refractivity contribution < 1.29 is 23.2 Å². The first-order valence-electron chi connectivity index (χ1n) is 3.66. The second-order valence-electron chi connectivity index (χ2n) is 2.69. The van der Waals surface area contributed by atoms with Crippen molar-refractivity contribution in [3.05, 3.63) is 27.7 Å². The largest absolute Gasteiger partial charge is 0.490 e. The van der Waals surface area contributed by atoms with E-state index in [0.29, 0.717) is 6.07 Å². The van der Waals surface area contributed by atoms with E-state index >= 15 is 0 Å². The molecular weight excluding hydrogens is 255 g/mol. The molecule has 0 unspecified atom stereocenters. The molecular formula is C7H4BCl2F3O2. The van der Waals surface area contributed by atoms with E-state index in [0.717, 1.165) is 6.07 Å². The molecule has 0 bridgehead atoms. The molecule has 1 aromatic carbocycles. The van der Waals surface area contributed by atoms with Gasteiger partial charge in [0.05, 0.1) is 15.6 Å². The van der Waals surface area contributed by atoms with E-state index in [2.05, 4.69) is 0 Å². The summed E-state index contributed by atoms with van der Waals surface area (Å²) in [4.78, 5) is 0. The van der Waals surface area contributed by atoms with Gasteiger partial charge in [-0.15, -0.1) is 0 Å². The van der Waals surface area contributed by atoms with Crippen molar-refractivity contribution in [2.24, 2.45) is 0 Å². The van der Waals surface area contributed by atoms with Crippen LogP contribution in [0.25, 0.3) is 0 Å². The normalized spacial score (nSPS) is 11.7. The minimum absolute atomic E-state index is 0.173. The average Bonchev–Trinajstić information content (AvgIpc) is 2.06. The Morgan fingerprint density at radius 2 is 1.67 bits per heavy atom. The molecule has 0 heterocycles. The predicted molar refractivity (Wildman–Crippen MR) is 51.3 cm³/mol. The molecule has 0 fully saturated rings. The summed E-state index contributed by atoms with van der Waals surface area (Å²) in [7, 11) is -2.33. The Kier molecular flexibility index (Phi) is 3.55. The van der Waals surface area contributed by atoms with Crippen LogP contribution >= 0.6 is 23.2 Å². The van der Waals surface area contributed by atoms with Crippen LogP contribution in [0.4, 0.5) is 13.2 Å². The van der Waals surface area contributed by atoms with Crippen LogP contribution in [0, 0.1) is 0 Å². The van der Waals surface area contributed by atoms with Crippen LogP contribution in [-0.2, 0) is 6.18 Å². The Hall–Kier alpha value is -0.425. The smallest absolute Gasteiger partial charge is 0.423 e. The van der Waals surface area contributed by atoms with Gasteiger partial charge in [-0.1, -0.05) is 23.2 Å². The Labute approximate surface area is 93.4 Å². The standard InChI is InChI=1S/C7H4BCl2F3O2/c9-4-2-1-3(7(11,12)13)5(6(4)10)8(14)15/h1-2,14-15H. The van der Waals surface area contributed by atoms with Crippen molar-refractivity contribution in [2.75, 3.05) is 0 Å². The summed E-state index contributed by atoms with van der Waals surface area (Å²) in [5, 5.41) is 16.9. The lowest BCUT2D eigenvalue weighted by atomic mass is 9.76. The van der Waals surface area contributed by atoms with E-state index in [4.69, 9.17) is 33.2 Å². The first-order valence-corrected chi connectivity index (χ1v) is 4.42. The summed E-state index contributed by atoms with van der Waals surface area (Å²) in [5.41, 5.74) is -2.05. The second kappa shape index (κ2) is 4.21. The zero-order valence-corrected chi connectivity index (χ0v) is 8.53. The van der Waals surface area contributed by atoms with Crippen LogP contribution in [0.3, 0.4) is 0 Å². The molecule has 15 heavy (non-hydrogen) atoms. The Bertz CT molecular complexity index is 381.